The Morgan fingerprint density at radius 2 is 2.14 bits per heavy atom. The van der Waals surface area contributed by atoms with Gasteiger partial charge in [-0.1, -0.05) is 0 Å². The van der Waals surface area contributed by atoms with E-state index >= 15 is 0 Å². The van der Waals surface area contributed by atoms with E-state index in [-0.39, 0.29) is 5.91 Å². The van der Waals surface area contributed by atoms with Gasteiger partial charge in [-0.25, -0.2) is 4.98 Å². The molecule has 118 valence electrons. The second kappa shape index (κ2) is 6.91. The van der Waals surface area contributed by atoms with Crippen molar-refractivity contribution in [3.05, 3.63) is 11.9 Å². The van der Waals surface area contributed by atoms with Crippen molar-refractivity contribution < 1.29 is 4.79 Å². The number of likely N-dealkylation sites (tertiary alicyclic amines) is 1. The summed E-state index contributed by atoms with van der Waals surface area (Å²) in [5.41, 5.74) is 6.41. The molecule has 1 aromatic heterocycles. The lowest BCUT2D eigenvalue weighted by molar-refractivity contribution is -0.119. The van der Waals surface area contributed by atoms with Gasteiger partial charge in [0.05, 0.1) is 18.4 Å². The third-order valence-electron chi connectivity index (χ3n) is 4.00. The normalized spacial score (nSPS) is 17.1. The van der Waals surface area contributed by atoms with Crippen LogP contribution < -0.4 is 16.0 Å². The van der Waals surface area contributed by atoms with Gasteiger partial charge in [-0.3, -0.25) is 9.69 Å². The molecule has 1 aliphatic heterocycles. The molecule has 7 nitrogen and oxygen atoms in total. The highest BCUT2D eigenvalue weighted by Gasteiger charge is 2.20. The first-order valence-electron chi connectivity index (χ1n) is 7.39. The number of rotatable bonds is 6. The van der Waals surface area contributed by atoms with Crippen LogP contribution in [0.3, 0.4) is 0 Å². The monoisotopic (exact) mass is 294 g/mol. The topological polar surface area (TPSA) is 79.4 Å². The molecule has 0 radical (unpaired) electrons. The van der Waals surface area contributed by atoms with Crippen molar-refractivity contribution >= 4 is 11.9 Å². The molecule has 0 saturated carbocycles. The third-order valence-corrected chi connectivity index (χ3v) is 4.00. The molecule has 0 atom stereocenters. The van der Waals surface area contributed by atoms with E-state index in [9.17, 15) is 4.79 Å². The van der Waals surface area contributed by atoms with Crippen LogP contribution in [0.25, 0.3) is 0 Å². The van der Waals surface area contributed by atoms with Crippen LogP contribution in [0.4, 0.5) is 5.95 Å². The highest BCUT2D eigenvalue weighted by Crippen LogP contribution is 2.13. The number of primary amides is 1. The number of amides is 1. The predicted octanol–water partition coefficient (Wildman–Crippen LogP) is -0.475. The summed E-state index contributed by atoms with van der Waals surface area (Å²) >= 11 is 0. The molecule has 2 rings (SSSR count). The van der Waals surface area contributed by atoms with E-state index in [0.29, 0.717) is 12.6 Å². The Balaban J connectivity index is 1.78. The lowest BCUT2D eigenvalue weighted by Crippen LogP contribution is -2.45. The fraction of sp³-hybridized carbons (Fsp3) is 0.714. The van der Waals surface area contributed by atoms with E-state index in [4.69, 9.17) is 5.73 Å². The van der Waals surface area contributed by atoms with Crippen LogP contribution in [0, 0.1) is 0 Å². The molecule has 2 heterocycles. The zero-order chi connectivity index (χ0) is 15.4. The molecule has 1 fully saturated rings. The average molecular weight is 294 g/mol. The van der Waals surface area contributed by atoms with Crippen molar-refractivity contribution in [2.45, 2.75) is 25.4 Å². The average Bonchev–Trinajstić information content (AvgIpc) is 2.79. The quantitative estimate of drug-likeness (QED) is 0.741. The molecule has 3 N–H and O–H groups in total. The van der Waals surface area contributed by atoms with E-state index in [1.165, 1.54) is 5.69 Å². The molecule has 0 spiro atoms. The minimum absolute atomic E-state index is 0.243. The number of hydrogen-bond donors (Lipinski definition) is 2. The second-order valence-corrected chi connectivity index (χ2v) is 5.90. The highest BCUT2D eigenvalue weighted by atomic mass is 16.1. The van der Waals surface area contributed by atoms with Crippen LogP contribution in [-0.2, 0) is 18.4 Å². The largest absolute Gasteiger partial charge is 0.369 e. The van der Waals surface area contributed by atoms with Crippen LogP contribution in [0.1, 0.15) is 18.5 Å². The van der Waals surface area contributed by atoms with Gasteiger partial charge in [-0.15, -0.1) is 0 Å². The van der Waals surface area contributed by atoms with Gasteiger partial charge in [0.2, 0.25) is 11.9 Å². The first kappa shape index (κ1) is 15.8. The van der Waals surface area contributed by atoms with Crippen LogP contribution in [-0.4, -0.2) is 60.1 Å². The number of nitrogens with zero attached hydrogens (tertiary/aromatic N) is 4. The van der Waals surface area contributed by atoms with Gasteiger partial charge in [0.1, 0.15) is 0 Å². The molecule has 1 saturated heterocycles. The molecule has 1 aliphatic rings. The second-order valence-electron chi connectivity index (χ2n) is 5.90. The number of carbonyl (C=O) groups excluding carboxylic acids is 1. The summed E-state index contributed by atoms with van der Waals surface area (Å²) in [5, 5.41) is 3.58. The van der Waals surface area contributed by atoms with Gasteiger partial charge < -0.3 is 20.5 Å². The maximum absolute atomic E-state index is 10.9. The summed E-state index contributed by atoms with van der Waals surface area (Å²) in [6, 6.07) is 0.492. The SMILES string of the molecule is CN(C)c1ncc(CNC2CCN(CC(N)=O)CC2)n1C. The molecular weight excluding hydrogens is 268 g/mol. The zero-order valence-electron chi connectivity index (χ0n) is 13.2. The van der Waals surface area contributed by atoms with Crippen molar-refractivity contribution in [1.29, 1.82) is 0 Å². The van der Waals surface area contributed by atoms with Gasteiger partial charge in [-0.2, -0.15) is 0 Å². The van der Waals surface area contributed by atoms with Gasteiger partial charge in [0, 0.05) is 46.8 Å². The smallest absolute Gasteiger partial charge is 0.231 e. The number of nitrogens with two attached hydrogens (primary N) is 1. The highest BCUT2D eigenvalue weighted by molar-refractivity contribution is 5.75. The summed E-state index contributed by atoms with van der Waals surface area (Å²) in [6.07, 6.45) is 4.02. The van der Waals surface area contributed by atoms with Gasteiger partial charge in [0.15, 0.2) is 0 Å². The molecule has 0 aromatic carbocycles. The number of aromatic nitrogens is 2. The summed E-state index contributed by atoms with van der Waals surface area (Å²) in [5.74, 6) is 0.718. The van der Waals surface area contributed by atoms with Gasteiger partial charge in [-0.05, 0) is 12.8 Å². The number of anilines is 1. The number of hydrogen-bond acceptors (Lipinski definition) is 5. The van der Waals surface area contributed by atoms with Crippen molar-refractivity contribution in [3.63, 3.8) is 0 Å². The van der Waals surface area contributed by atoms with E-state index in [2.05, 4.69) is 19.8 Å². The van der Waals surface area contributed by atoms with E-state index in [1.807, 2.05) is 32.2 Å². The van der Waals surface area contributed by atoms with Crippen LogP contribution >= 0.6 is 0 Å². The van der Waals surface area contributed by atoms with E-state index in [0.717, 1.165) is 38.4 Å². The number of carbonyl (C=O) groups is 1. The summed E-state index contributed by atoms with van der Waals surface area (Å²) < 4.78 is 2.11. The van der Waals surface area contributed by atoms with Crippen LogP contribution in [0.5, 0.6) is 0 Å². The first-order valence-corrected chi connectivity index (χ1v) is 7.39. The zero-order valence-corrected chi connectivity index (χ0v) is 13.2. The third kappa shape index (κ3) is 4.18. The lowest BCUT2D eigenvalue weighted by Gasteiger charge is -2.31. The molecule has 0 unspecified atom stereocenters. The van der Waals surface area contributed by atoms with Crippen molar-refractivity contribution in [3.8, 4) is 0 Å². The first-order chi connectivity index (χ1) is 9.97. The molecule has 0 bridgehead atoms. The minimum atomic E-state index is -0.243. The molecule has 1 amide bonds. The molecule has 7 heteroatoms. The molecule has 1 aromatic rings. The van der Waals surface area contributed by atoms with Crippen molar-refractivity contribution in [2.24, 2.45) is 12.8 Å². The number of piperidine rings is 1. The Morgan fingerprint density at radius 3 is 2.67 bits per heavy atom. The Kier molecular flexibility index (Phi) is 5.19. The molecular formula is C14H26N6O. The lowest BCUT2D eigenvalue weighted by atomic mass is 10.1. The number of nitrogens with one attached hydrogen (secondary N) is 1. The van der Waals surface area contributed by atoms with Crippen molar-refractivity contribution in [2.75, 3.05) is 38.6 Å². The molecule has 0 aliphatic carbocycles. The fourth-order valence-electron chi connectivity index (χ4n) is 2.78. The standard InChI is InChI=1S/C14H26N6O/c1-18(2)14-17-9-12(19(14)3)8-16-11-4-6-20(7-5-11)10-13(15)21/h9,11,16H,4-8,10H2,1-3H3,(H2,15,21). The van der Waals surface area contributed by atoms with Crippen LogP contribution in [0.2, 0.25) is 0 Å². The Labute approximate surface area is 126 Å². The predicted molar refractivity (Wildman–Crippen MR) is 83.0 cm³/mol. The summed E-state index contributed by atoms with van der Waals surface area (Å²) in [4.78, 5) is 19.4. The van der Waals surface area contributed by atoms with Gasteiger partial charge in [0.25, 0.3) is 0 Å². The Morgan fingerprint density at radius 1 is 1.48 bits per heavy atom. The van der Waals surface area contributed by atoms with E-state index in [1.54, 1.807) is 0 Å². The summed E-state index contributed by atoms with van der Waals surface area (Å²) in [6.45, 7) is 3.04. The van der Waals surface area contributed by atoms with Gasteiger partial charge >= 0.3 is 0 Å². The van der Waals surface area contributed by atoms with Crippen molar-refractivity contribution in [1.82, 2.24) is 19.8 Å². The van der Waals surface area contributed by atoms with E-state index < -0.39 is 0 Å². The Bertz CT molecular complexity index is 476. The molecule has 21 heavy (non-hydrogen) atoms. The van der Waals surface area contributed by atoms with Crippen LogP contribution in [0.15, 0.2) is 6.20 Å². The maximum Gasteiger partial charge on any atom is 0.231 e. The number of imidazole rings is 1. The maximum atomic E-state index is 10.9. The fourth-order valence-corrected chi connectivity index (χ4v) is 2.78. The summed E-state index contributed by atoms with van der Waals surface area (Å²) in [7, 11) is 6.02. The minimum Gasteiger partial charge on any atom is -0.369 e. The Hall–Kier alpha value is -1.60.